The molecule has 3 rings (SSSR count). The van der Waals surface area contributed by atoms with E-state index >= 15 is 0 Å². The second kappa shape index (κ2) is 8.06. The second-order valence-electron chi connectivity index (χ2n) is 6.61. The SMILES string of the molecule is OCCC1CCN(Cc2ccc(CN3CCOCC3)cc2)C1. The number of morpholine rings is 1. The predicted molar refractivity (Wildman–Crippen MR) is 87.6 cm³/mol. The molecule has 2 fully saturated rings. The summed E-state index contributed by atoms with van der Waals surface area (Å²) in [5.74, 6) is 0.686. The van der Waals surface area contributed by atoms with Gasteiger partial charge < -0.3 is 9.84 Å². The lowest BCUT2D eigenvalue weighted by Crippen LogP contribution is -2.35. The fourth-order valence-corrected chi connectivity index (χ4v) is 3.50. The van der Waals surface area contributed by atoms with E-state index < -0.39 is 0 Å². The summed E-state index contributed by atoms with van der Waals surface area (Å²) >= 11 is 0. The standard InChI is InChI=1S/C18H28N2O2/c21-10-6-18-5-7-20(15-18)14-17-3-1-16(2-4-17)13-19-8-11-22-12-9-19/h1-4,18,21H,5-15H2. The van der Waals surface area contributed by atoms with Crippen LogP contribution in [0.5, 0.6) is 0 Å². The molecule has 0 radical (unpaired) electrons. The Labute approximate surface area is 133 Å². The lowest BCUT2D eigenvalue weighted by atomic mass is 10.1. The Morgan fingerprint density at radius 2 is 1.59 bits per heavy atom. The van der Waals surface area contributed by atoms with Crippen LogP contribution in [0.4, 0.5) is 0 Å². The first-order chi connectivity index (χ1) is 10.8. The Morgan fingerprint density at radius 1 is 0.955 bits per heavy atom. The van der Waals surface area contributed by atoms with Crippen molar-refractivity contribution in [3.63, 3.8) is 0 Å². The average molecular weight is 304 g/mol. The number of nitrogens with zero attached hydrogens (tertiary/aromatic N) is 2. The van der Waals surface area contributed by atoms with Gasteiger partial charge in [-0.2, -0.15) is 0 Å². The van der Waals surface area contributed by atoms with Crippen LogP contribution in [0, 0.1) is 5.92 Å². The number of hydrogen-bond donors (Lipinski definition) is 1. The van der Waals surface area contributed by atoms with Crippen molar-refractivity contribution in [2.45, 2.75) is 25.9 Å². The van der Waals surface area contributed by atoms with Crippen LogP contribution < -0.4 is 0 Å². The molecule has 2 heterocycles. The fourth-order valence-electron chi connectivity index (χ4n) is 3.50. The van der Waals surface area contributed by atoms with Gasteiger partial charge >= 0.3 is 0 Å². The van der Waals surface area contributed by atoms with E-state index in [9.17, 15) is 0 Å². The summed E-state index contributed by atoms with van der Waals surface area (Å²) < 4.78 is 5.39. The molecule has 1 N–H and O–H groups in total. The first kappa shape index (κ1) is 15.9. The molecule has 4 heteroatoms. The molecule has 2 aliphatic heterocycles. The summed E-state index contributed by atoms with van der Waals surface area (Å²) in [5, 5.41) is 9.04. The molecule has 0 amide bonds. The van der Waals surface area contributed by atoms with Crippen LogP contribution >= 0.6 is 0 Å². The van der Waals surface area contributed by atoms with E-state index in [1.54, 1.807) is 0 Å². The highest BCUT2D eigenvalue weighted by Crippen LogP contribution is 2.21. The highest BCUT2D eigenvalue weighted by atomic mass is 16.5. The predicted octanol–water partition coefficient (Wildman–Crippen LogP) is 1.72. The van der Waals surface area contributed by atoms with Gasteiger partial charge in [-0.15, -0.1) is 0 Å². The first-order valence-electron chi connectivity index (χ1n) is 8.54. The zero-order valence-corrected chi connectivity index (χ0v) is 13.4. The molecule has 1 aromatic carbocycles. The molecule has 1 atom stereocenters. The van der Waals surface area contributed by atoms with Crippen molar-refractivity contribution in [2.75, 3.05) is 46.0 Å². The molecule has 0 aliphatic carbocycles. The van der Waals surface area contributed by atoms with Crippen molar-refractivity contribution in [2.24, 2.45) is 5.92 Å². The molecule has 0 saturated carbocycles. The normalized spacial score (nSPS) is 24.0. The summed E-state index contributed by atoms with van der Waals surface area (Å²) in [6.07, 6.45) is 2.19. The summed E-state index contributed by atoms with van der Waals surface area (Å²) in [4.78, 5) is 4.97. The number of ether oxygens (including phenoxy) is 1. The molecular weight excluding hydrogens is 276 g/mol. The third-order valence-corrected chi connectivity index (χ3v) is 4.85. The number of likely N-dealkylation sites (tertiary alicyclic amines) is 1. The third kappa shape index (κ3) is 4.53. The molecule has 2 aliphatic rings. The van der Waals surface area contributed by atoms with E-state index in [-0.39, 0.29) is 0 Å². The number of benzene rings is 1. The lowest BCUT2D eigenvalue weighted by Gasteiger charge is -2.26. The van der Waals surface area contributed by atoms with Gasteiger partial charge in [-0.3, -0.25) is 9.80 Å². The quantitative estimate of drug-likeness (QED) is 0.868. The third-order valence-electron chi connectivity index (χ3n) is 4.85. The topological polar surface area (TPSA) is 35.9 Å². The van der Waals surface area contributed by atoms with Crippen LogP contribution in [0.1, 0.15) is 24.0 Å². The minimum atomic E-state index is 0.328. The molecule has 2 saturated heterocycles. The first-order valence-corrected chi connectivity index (χ1v) is 8.54. The molecule has 122 valence electrons. The fraction of sp³-hybridized carbons (Fsp3) is 0.667. The largest absolute Gasteiger partial charge is 0.396 e. The lowest BCUT2D eigenvalue weighted by molar-refractivity contribution is 0.0342. The molecule has 0 bridgehead atoms. The number of aliphatic hydroxyl groups is 1. The molecular formula is C18H28N2O2. The molecule has 4 nitrogen and oxygen atoms in total. The molecule has 22 heavy (non-hydrogen) atoms. The molecule has 0 aromatic heterocycles. The zero-order chi connectivity index (χ0) is 15.2. The Balaban J connectivity index is 1.47. The molecule has 1 aromatic rings. The van der Waals surface area contributed by atoms with Crippen molar-refractivity contribution in [1.29, 1.82) is 0 Å². The van der Waals surface area contributed by atoms with Gasteiger partial charge in [-0.05, 0) is 36.4 Å². The van der Waals surface area contributed by atoms with E-state index in [1.807, 2.05) is 0 Å². The van der Waals surface area contributed by atoms with Gasteiger partial charge in [0, 0.05) is 39.3 Å². The van der Waals surface area contributed by atoms with E-state index in [0.29, 0.717) is 12.5 Å². The van der Waals surface area contributed by atoms with Crippen LogP contribution in [0.15, 0.2) is 24.3 Å². The monoisotopic (exact) mass is 304 g/mol. The molecule has 0 spiro atoms. The highest BCUT2D eigenvalue weighted by molar-refractivity contribution is 5.22. The van der Waals surface area contributed by atoms with Crippen LogP contribution in [0.3, 0.4) is 0 Å². The summed E-state index contributed by atoms with van der Waals surface area (Å²) in [7, 11) is 0. The smallest absolute Gasteiger partial charge is 0.0594 e. The van der Waals surface area contributed by atoms with Gasteiger partial charge in [-0.25, -0.2) is 0 Å². The van der Waals surface area contributed by atoms with Crippen molar-refractivity contribution in [1.82, 2.24) is 9.80 Å². The van der Waals surface area contributed by atoms with Gasteiger partial charge in [0.15, 0.2) is 0 Å². The van der Waals surface area contributed by atoms with Gasteiger partial charge in [0.25, 0.3) is 0 Å². The van der Waals surface area contributed by atoms with E-state index in [4.69, 9.17) is 9.84 Å². The zero-order valence-electron chi connectivity index (χ0n) is 13.4. The Kier molecular flexibility index (Phi) is 5.84. The minimum absolute atomic E-state index is 0.328. The Morgan fingerprint density at radius 3 is 2.23 bits per heavy atom. The van der Waals surface area contributed by atoms with Crippen LogP contribution in [0.2, 0.25) is 0 Å². The minimum Gasteiger partial charge on any atom is -0.396 e. The van der Waals surface area contributed by atoms with Gasteiger partial charge in [0.05, 0.1) is 13.2 Å². The van der Waals surface area contributed by atoms with Crippen molar-refractivity contribution in [3.8, 4) is 0 Å². The summed E-state index contributed by atoms with van der Waals surface area (Å²) in [6.45, 7) is 8.52. The number of aliphatic hydroxyl groups excluding tert-OH is 1. The van der Waals surface area contributed by atoms with Gasteiger partial charge in [0.2, 0.25) is 0 Å². The maximum absolute atomic E-state index is 9.04. The summed E-state index contributed by atoms with van der Waals surface area (Å²) in [6, 6.07) is 9.09. The summed E-state index contributed by atoms with van der Waals surface area (Å²) in [5.41, 5.74) is 2.79. The van der Waals surface area contributed by atoms with E-state index in [0.717, 1.165) is 52.4 Å². The van der Waals surface area contributed by atoms with Crippen LogP contribution in [-0.2, 0) is 17.8 Å². The number of hydrogen-bond acceptors (Lipinski definition) is 4. The van der Waals surface area contributed by atoms with Crippen molar-refractivity contribution >= 4 is 0 Å². The second-order valence-corrected chi connectivity index (χ2v) is 6.61. The van der Waals surface area contributed by atoms with E-state index in [2.05, 4.69) is 34.1 Å². The highest BCUT2D eigenvalue weighted by Gasteiger charge is 2.21. The van der Waals surface area contributed by atoms with Gasteiger partial charge in [0.1, 0.15) is 0 Å². The maximum Gasteiger partial charge on any atom is 0.0594 e. The average Bonchev–Trinajstić information content (AvgIpc) is 2.98. The Hall–Kier alpha value is -0.940. The van der Waals surface area contributed by atoms with Gasteiger partial charge in [-0.1, -0.05) is 24.3 Å². The van der Waals surface area contributed by atoms with Crippen LogP contribution in [-0.4, -0.2) is 60.9 Å². The van der Waals surface area contributed by atoms with Crippen molar-refractivity contribution in [3.05, 3.63) is 35.4 Å². The maximum atomic E-state index is 9.04. The van der Waals surface area contributed by atoms with E-state index in [1.165, 1.54) is 24.1 Å². The number of rotatable bonds is 6. The molecule has 1 unspecified atom stereocenters. The van der Waals surface area contributed by atoms with Crippen LogP contribution in [0.25, 0.3) is 0 Å². The Bertz CT molecular complexity index is 443. The van der Waals surface area contributed by atoms with Crippen molar-refractivity contribution < 1.29 is 9.84 Å².